The first kappa shape index (κ1) is 34.5. The monoisotopic (exact) mass is 430 g/mol. The summed E-state index contributed by atoms with van der Waals surface area (Å²) in [6, 6.07) is 7.79. The van der Waals surface area contributed by atoms with Crippen LogP contribution in [0.1, 0.15) is 26.3 Å². The quantitative estimate of drug-likeness (QED) is 0.279. The molecule has 0 aromatic heterocycles. The molecule has 1 aromatic rings. The van der Waals surface area contributed by atoms with Gasteiger partial charge in [0, 0.05) is 31.9 Å². The number of anilines is 1. The van der Waals surface area contributed by atoms with Crippen LogP contribution in [-0.2, 0) is 19.1 Å². The Hall–Kier alpha value is -2.98. The lowest BCUT2D eigenvalue weighted by Crippen LogP contribution is -2.47. The van der Waals surface area contributed by atoms with E-state index in [4.69, 9.17) is 30.1 Å². The van der Waals surface area contributed by atoms with Crippen LogP contribution in [-0.4, -0.2) is 80.9 Å². The summed E-state index contributed by atoms with van der Waals surface area (Å²) in [4.78, 5) is 40.0. The number of benzene rings is 1. The predicted octanol–water partition coefficient (Wildman–Crippen LogP) is 1.75. The average molecular weight is 431 g/mol. The lowest BCUT2D eigenvalue weighted by Gasteiger charge is -2.31. The first-order valence-corrected chi connectivity index (χ1v) is 9.28. The number of nitrogen functional groups attached to an aromatic ring is 1. The number of nitrogens with zero attached hydrogens (tertiary/aromatic N) is 2. The topological polar surface area (TPSA) is 142 Å². The van der Waals surface area contributed by atoms with Gasteiger partial charge in [-0.15, -0.1) is 0 Å². The van der Waals surface area contributed by atoms with Gasteiger partial charge >= 0.3 is 6.09 Å². The van der Waals surface area contributed by atoms with Crippen molar-refractivity contribution in [3.05, 3.63) is 29.8 Å². The second kappa shape index (κ2) is 28.2. The molecule has 1 aromatic carbocycles. The van der Waals surface area contributed by atoms with Gasteiger partial charge in [0.1, 0.15) is 13.6 Å². The Morgan fingerprint density at radius 2 is 1.53 bits per heavy atom. The number of carbonyl (C=O) groups is 4. The van der Waals surface area contributed by atoms with Crippen molar-refractivity contribution >= 4 is 31.8 Å². The highest BCUT2D eigenvalue weighted by Crippen LogP contribution is 2.02. The van der Waals surface area contributed by atoms with E-state index in [1.807, 2.05) is 65.5 Å². The number of nitrogens with one attached hydrogen (secondary N) is 1. The van der Waals surface area contributed by atoms with Gasteiger partial charge < -0.3 is 29.9 Å². The molecule has 1 aliphatic rings. The highest BCUT2D eigenvalue weighted by molar-refractivity contribution is 5.67. The number of hydrogen-bond donors (Lipinski definition) is 3. The second-order valence-electron chi connectivity index (χ2n) is 5.15. The molecule has 1 heterocycles. The highest BCUT2D eigenvalue weighted by atomic mass is 16.6. The largest absolute Gasteiger partial charge is 0.450 e. The van der Waals surface area contributed by atoms with Gasteiger partial charge in [-0.1, -0.05) is 31.5 Å². The summed E-state index contributed by atoms with van der Waals surface area (Å²) in [5.74, 6) is 0. The van der Waals surface area contributed by atoms with Crippen LogP contribution < -0.4 is 11.2 Å². The molecule has 1 aliphatic heterocycles. The average Bonchev–Trinajstić information content (AvgIpc) is 2.81. The summed E-state index contributed by atoms with van der Waals surface area (Å²) >= 11 is 0. The van der Waals surface area contributed by atoms with Crippen molar-refractivity contribution < 1.29 is 29.1 Å². The van der Waals surface area contributed by atoms with Crippen LogP contribution in [0.2, 0.25) is 0 Å². The highest BCUT2D eigenvalue weighted by Gasteiger charge is 2.19. The lowest BCUT2D eigenvalue weighted by molar-refractivity contribution is -0.116. The third kappa shape index (κ3) is 23.1. The molecule has 174 valence electrons. The maximum atomic E-state index is 11.2. The fourth-order valence-corrected chi connectivity index (χ4v) is 1.77. The van der Waals surface area contributed by atoms with Crippen LogP contribution in [0.5, 0.6) is 0 Å². The Balaban J connectivity index is -0.000000163. The fourth-order valence-electron chi connectivity index (χ4n) is 1.77. The van der Waals surface area contributed by atoms with E-state index in [-0.39, 0.29) is 12.5 Å². The van der Waals surface area contributed by atoms with Gasteiger partial charge in [-0.3, -0.25) is 10.0 Å². The minimum Gasteiger partial charge on any atom is -0.450 e. The second-order valence-corrected chi connectivity index (χ2v) is 5.15. The van der Waals surface area contributed by atoms with Gasteiger partial charge in [-0.05, 0) is 33.0 Å². The molecule has 0 bridgehead atoms. The third-order valence-electron chi connectivity index (χ3n) is 3.16. The zero-order valence-electron chi connectivity index (χ0n) is 18.8. The zero-order valence-corrected chi connectivity index (χ0v) is 18.8. The molecular weight excluding hydrogens is 392 g/mol. The van der Waals surface area contributed by atoms with Crippen molar-refractivity contribution in [1.29, 1.82) is 0 Å². The molecule has 0 unspecified atom stereocenters. The molecular formula is C20H38N4O6. The molecule has 0 spiro atoms. The van der Waals surface area contributed by atoms with Gasteiger partial charge in [0.05, 0.1) is 6.61 Å². The summed E-state index contributed by atoms with van der Waals surface area (Å²) in [5.41, 5.74) is 8.76. The Labute approximate surface area is 179 Å². The van der Waals surface area contributed by atoms with Gasteiger partial charge in [-0.2, -0.15) is 0 Å². The number of carbonyl (C=O) groups excluding carboxylic acids is 4. The number of amides is 2. The minimum absolute atomic E-state index is 0.175. The number of aryl methyl sites for hydroxylation is 1. The molecule has 0 atom stereocenters. The number of hydrogen-bond acceptors (Lipinski definition) is 8. The Morgan fingerprint density at radius 1 is 1.13 bits per heavy atom. The summed E-state index contributed by atoms with van der Waals surface area (Å²) in [6.07, 6.45) is 0.00519. The molecule has 0 saturated carbocycles. The van der Waals surface area contributed by atoms with E-state index in [1.54, 1.807) is 4.90 Å². The van der Waals surface area contributed by atoms with Gasteiger partial charge in [0.25, 0.3) is 0 Å². The van der Waals surface area contributed by atoms with E-state index < -0.39 is 0 Å². The molecule has 4 N–H and O–H groups in total. The van der Waals surface area contributed by atoms with Crippen molar-refractivity contribution in [2.24, 2.45) is 0 Å². The zero-order chi connectivity index (χ0) is 24.4. The molecule has 2 rings (SSSR count). The van der Waals surface area contributed by atoms with Gasteiger partial charge in [0.2, 0.25) is 6.41 Å². The van der Waals surface area contributed by atoms with E-state index >= 15 is 0 Å². The maximum absolute atomic E-state index is 11.2. The smallest absolute Gasteiger partial charge is 0.409 e. The molecule has 30 heavy (non-hydrogen) atoms. The summed E-state index contributed by atoms with van der Waals surface area (Å²) < 4.78 is 4.89. The molecule has 1 saturated heterocycles. The molecule has 0 aliphatic carbocycles. The Bertz CT molecular complexity index is 472. The number of likely N-dealkylation sites (N-methyl/N-ethyl adjacent to an activating group) is 1. The number of hydroxylamine groups is 1. The summed E-state index contributed by atoms with van der Waals surface area (Å²) in [6.45, 7) is 15.8. The summed E-state index contributed by atoms with van der Waals surface area (Å²) in [5, 5.41) is 7.26. The molecule has 1 fully saturated rings. The standard InChI is InChI=1S/C8H16N2O2.C7H9N.C2H6.CH3NO2.2CH2O/c1-3-12-8(11)10-6-4-9(2)5-7-10;1-6-2-4-7(8)5-3-6;1-2;3-1-2-4;2*1-2/h3-7H2,1-2H3;2-5H,8H2,1H3;1-2H3;1,4H,(H,2,3);2*1H2. The Kier molecular flexibility index (Phi) is 32.5. The van der Waals surface area contributed by atoms with E-state index in [0.717, 1.165) is 31.9 Å². The van der Waals surface area contributed by atoms with Crippen LogP contribution in [0.15, 0.2) is 24.3 Å². The predicted molar refractivity (Wildman–Crippen MR) is 118 cm³/mol. The number of piperazine rings is 1. The normalized spacial score (nSPS) is 11.3. The molecule has 10 nitrogen and oxygen atoms in total. The van der Waals surface area contributed by atoms with Crippen molar-refractivity contribution in [2.75, 3.05) is 45.6 Å². The van der Waals surface area contributed by atoms with E-state index in [1.165, 1.54) is 11.0 Å². The van der Waals surface area contributed by atoms with Crippen molar-refractivity contribution in [3.8, 4) is 0 Å². The molecule has 0 radical (unpaired) electrons. The van der Waals surface area contributed by atoms with Crippen LogP contribution in [0.4, 0.5) is 10.5 Å². The van der Waals surface area contributed by atoms with E-state index in [0.29, 0.717) is 6.61 Å². The first-order valence-electron chi connectivity index (χ1n) is 9.28. The SMILES string of the molecule is C=O.C=O.CC.CCOC(=O)N1CCN(C)CC1.Cc1ccc(N)cc1.O=CNO. The van der Waals surface area contributed by atoms with Crippen LogP contribution in [0.3, 0.4) is 0 Å². The Morgan fingerprint density at radius 3 is 1.83 bits per heavy atom. The van der Waals surface area contributed by atoms with Gasteiger partial charge in [-0.25, -0.2) is 10.3 Å². The van der Waals surface area contributed by atoms with Crippen LogP contribution in [0.25, 0.3) is 0 Å². The lowest BCUT2D eigenvalue weighted by atomic mass is 10.2. The van der Waals surface area contributed by atoms with Crippen molar-refractivity contribution in [2.45, 2.75) is 27.7 Å². The third-order valence-corrected chi connectivity index (χ3v) is 3.16. The summed E-state index contributed by atoms with van der Waals surface area (Å²) in [7, 11) is 2.06. The maximum Gasteiger partial charge on any atom is 0.409 e. The van der Waals surface area contributed by atoms with Crippen molar-refractivity contribution in [3.63, 3.8) is 0 Å². The van der Waals surface area contributed by atoms with E-state index in [9.17, 15) is 4.79 Å². The number of nitrogens with two attached hydrogens (primary N) is 1. The van der Waals surface area contributed by atoms with Crippen LogP contribution >= 0.6 is 0 Å². The number of ether oxygens (including phenoxy) is 1. The van der Waals surface area contributed by atoms with Crippen LogP contribution in [0, 0.1) is 6.92 Å². The van der Waals surface area contributed by atoms with E-state index in [2.05, 4.69) is 11.9 Å². The van der Waals surface area contributed by atoms with Crippen molar-refractivity contribution in [1.82, 2.24) is 15.3 Å². The molecule has 2 amide bonds. The number of rotatable bonds is 2. The van der Waals surface area contributed by atoms with Gasteiger partial charge in [0.15, 0.2) is 0 Å². The minimum atomic E-state index is -0.175. The first-order chi connectivity index (χ1) is 14.4. The molecule has 10 heteroatoms. The fraction of sp³-hybridized carbons (Fsp3) is 0.500.